The zero-order valence-electron chi connectivity index (χ0n) is 13.4. The van der Waals surface area contributed by atoms with Crippen molar-refractivity contribution >= 4 is 17.5 Å². The Kier molecular flexibility index (Phi) is 5.86. The van der Waals surface area contributed by atoms with Crippen LogP contribution in [-0.2, 0) is 0 Å². The maximum absolute atomic E-state index is 12.3. The summed E-state index contributed by atoms with van der Waals surface area (Å²) in [6, 6.07) is 12.4. The molecule has 0 spiro atoms. The average Bonchev–Trinajstić information content (AvgIpc) is 2.55. The number of unbranched alkanes of at least 4 members (excludes halogenated alkanes) is 1. The van der Waals surface area contributed by atoms with Crippen LogP contribution in [0.3, 0.4) is 0 Å². The van der Waals surface area contributed by atoms with Gasteiger partial charge in [-0.15, -0.1) is 0 Å². The van der Waals surface area contributed by atoms with Gasteiger partial charge >= 0.3 is 0 Å². The van der Waals surface area contributed by atoms with E-state index in [4.69, 9.17) is 0 Å². The molecular formula is C18H21N3O2. The van der Waals surface area contributed by atoms with Crippen LogP contribution in [0, 0.1) is 6.92 Å². The molecule has 0 fully saturated rings. The second-order valence-electron chi connectivity index (χ2n) is 5.34. The summed E-state index contributed by atoms with van der Waals surface area (Å²) in [7, 11) is 0. The third kappa shape index (κ3) is 4.92. The van der Waals surface area contributed by atoms with Crippen LogP contribution in [0.2, 0.25) is 0 Å². The van der Waals surface area contributed by atoms with Crippen LogP contribution in [-0.4, -0.2) is 23.3 Å². The molecule has 0 aliphatic heterocycles. The Morgan fingerprint density at radius 1 is 1.04 bits per heavy atom. The zero-order chi connectivity index (χ0) is 16.7. The highest BCUT2D eigenvalue weighted by Gasteiger charge is 2.12. The molecular weight excluding hydrogens is 290 g/mol. The monoisotopic (exact) mass is 311 g/mol. The molecule has 1 aromatic heterocycles. The molecule has 5 nitrogen and oxygen atoms in total. The Morgan fingerprint density at radius 2 is 1.74 bits per heavy atom. The first-order chi connectivity index (χ1) is 11.1. The third-order valence-electron chi connectivity index (χ3n) is 3.31. The second kappa shape index (κ2) is 8.08. The van der Waals surface area contributed by atoms with Crippen LogP contribution >= 0.6 is 0 Å². The molecule has 0 bridgehead atoms. The summed E-state index contributed by atoms with van der Waals surface area (Å²) in [5.74, 6) is -0.595. The lowest BCUT2D eigenvalue weighted by Crippen LogP contribution is -2.26. The van der Waals surface area contributed by atoms with Crippen LogP contribution in [0.25, 0.3) is 0 Å². The number of nitrogens with zero attached hydrogens (tertiary/aromatic N) is 1. The highest BCUT2D eigenvalue weighted by atomic mass is 16.2. The van der Waals surface area contributed by atoms with Crippen molar-refractivity contribution in [3.8, 4) is 0 Å². The zero-order valence-corrected chi connectivity index (χ0v) is 13.4. The van der Waals surface area contributed by atoms with E-state index in [2.05, 4.69) is 22.5 Å². The minimum atomic E-state index is -0.334. The number of hydrogen-bond acceptors (Lipinski definition) is 3. The van der Waals surface area contributed by atoms with E-state index >= 15 is 0 Å². The lowest BCUT2D eigenvalue weighted by molar-refractivity contribution is 0.0948. The average molecular weight is 311 g/mol. The molecule has 0 saturated carbocycles. The minimum Gasteiger partial charge on any atom is -0.351 e. The molecule has 2 rings (SSSR count). The first kappa shape index (κ1) is 16.7. The Morgan fingerprint density at radius 3 is 2.43 bits per heavy atom. The molecule has 23 heavy (non-hydrogen) atoms. The van der Waals surface area contributed by atoms with E-state index in [0.717, 1.165) is 18.4 Å². The van der Waals surface area contributed by atoms with Crippen molar-refractivity contribution in [2.45, 2.75) is 26.7 Å². The fourth-order valence-corrected chi connectivity index (χ4v) is 2.07. The number of aromatic nitrogens is 1. The van der Waals surface area contributed by atoms with Gasteiger partial charge in [-0.25, -0.2) is 4.98 Å². The summed E-state index contributed by atoms with van der Waals surface area (Å²) < 4.78 is 0. The van der Waals surface area contributed by atoms with E-state index in [1.165, 1.54) is 0 Å². The normalized spacial score (nSPS) is 10.2. The molecule has 0 saturated heterocycles. The molecule has 2 amide bonds. The lowest BCUT2D eigenvalue weighted by atomic mass is 10.2. The van der Waals surface area contributed by atoms with Crippen molar-refractivity contribution in [2.75, 3.05) is 11.9 Å². The Bertz CT molecular complexity index is 698. The largest absolute Gasteiger partial charge is 0.351 e. The van der Waals surface area contributed by atoms with Gasteiger partial charge < -0.3 is 10.6 Å². The summed E-state index contributed by atoms with van der Waals surface area (Å²) >= 11 is 0. The standard InChI is InChI=1S/C18H21N3O2/c1-3-4-11-19-17(22)15-9-6-10-16(21-15)18(23)20-14-8-5-7-13(2)12-14/h5-10,12H,3-4,11H2,1-2H3,(H,19,22)(H,20,23). The molecule has 0 aliphatic carbocycles. The predicted molar refractivity (Wildman–Crippen MR) is 90.6 cm³/mol. The number of carbonyl (C=O) groups is 2. The molecule has 0 unspecified atom stereocenters. The lowest BCUT2D eigenvalue weighted by Gasteiger charge is -2.07. The van der Waals surface area contributed by atoms with Gasteiger partial charge in [-0.3, -0.25) is 9.59 Å². The number of pyridine rings is 1. The van der Waals surface area contributed by atoms with E-state index in [1.54, 1.807) is 18.2 Å². The fourth-order valence-electron chi connectivity index (χ4n) is 2.07. The number of aryl methyl sites for hydroxylation is 1. The number of amides is 2. The topological polar surface area (TPSA) is 71.1 Å². The van der Waals surface area contributed by atoms with E-state index in [0.29, 0.717) is 12.2 Å². The Balaban J connectivity index is 2.06. The van der Waals surface area contributed by atoms with Crippen molar-refractivity contribution in [3.63, 3.8) is 0 Å². The molecule has 5 heteroatoms. The number of benzene rings is 1. The highest BCUT2D eigenvalue weighted by molar-refractivity contribution is 6.03. The van der Waals surface area contributed by atoms with Gasteiger partial charge in [0, 0.05) is 12.2 Å². The summed E-state index contributed by atoms with van der Waals surface area (Å²) in [5.41, 5.74) is 2.22. The summed E-state index contributed by atoms with van der Waals surface area (Å²) in [6.45, 7) is 4.62. The molecule has 1 heterocycles. The summed E-state index contributed by atoms with van der Waals surface area (Å²) in [4.78, 5) is 28.4. The van der Waals surface area contributed by atoms with Gasteiger partial charge in [0.15, 0.2) is 0 Å². The van der Waals surface area contributed by atoms with E-state index < -0.39 is 0 Å². The smallest absolute Gasteiger partial charge is 0.274 e. The Hall–Kier alpha value is -2.69. The van der Waals surface area contributed by atoms with Crippen LogP contribution in [0.15, 0.2) is 42.5 Å². The molecule has 2 aromatic rings. The maximum atomic E-state index is 12.3. The summed E-state index contributed by atoms with van der Waals surface area (Å²) in [6.07, 6.45) is 1.92. The van der Waals surface area contributed by atoms with Crippen molar-refractivity contribution in [1.82, 2.24) is 10.3 Å². The molecule has 2 N–H and O–H groups in total. The first-order valence-electron chi connectivity index (χ1n) is 7.73. The number of hydrogen-bond donors (Lipinski definition) is 2. The van der Waals surface area contributed by atoms with Crippen LogP contribution in [0.1, 0.15) is 46.3 Å². The van der Waals surface area contributed by atoms with E-state index in [9.17, 15) is 9.59 Å². The van der Waals surface area contributed by atoms with Crippen molar-refractivity contribution in [2.24, 2.45) is 0 Å². The molecule has 1 aromatic carbocycles. The molecule has 0 atom stereocenters. The Labute approximate surface area is 136 Å². The van der Waals surface area contributed by atoms with Gasteiger partial charge in [0.25, 0.3) is 11.8 Å². The number of nitrogens with one attached hydrogen (secondary N) is 2. The van der Waals surface area contributed by atoms with Crippen LogP contribution in [0.4, 0.5) is 5.69 Å². The maximum Gasteiger partial charge on any atom is 0.274 e. The van der Waals surface area contributed by atoms with Crippen LogP contribution in [0.5, 0.6) is 0 Å². The molecule has 0 radical (unpaired) electrons. The van der Waals surface area contributed by atoms with E-state index in [1.807, 2.05) is 31.2 Å². The third-order valence-corrected chi connectivity index (χ3v) is 3.31. The van der Waals surface area contributed by atoms with Gasteiger partial charge in [-0.05, 0) is 43.2 Å². The minimum absolute atomic E-state index is 0.217. The second-order valence-corrected chi connectivity index (χ2v) is 5.34. The van der Waals surface area contributed by atoms with E-state index in [-0.39, 0.29) is 23.2 Å². The first-order valence-corrected chi connectivity index (χ1v) is 7.73. The van der Waals surface area contributed by atoms with Crippen molar-refractivity contribution in [1.29, 1.82) is 0 Å². The van der Waals surface area contributed by atoms with Gasteiger partial charge in [0.2, 0.25) is 0 Å². The SMILES string of the molecule is CCCCNC(=O)c1cccc(C(=O)Nc2cccc(C)c2)n1. The highest BCUT2D eigenvalue weighted by Crippen LogP contribution is 2.11. The quantitative estimate of drug-likeness (QED) is 0.805. The number of carbonyl (C=O) groups excluding carboxylic acids is 2. The fraction of sp³-hybridized carbons (Fsp3) is 0.278. The number of anilines is 1. The van der Waals surface area contributed by atoms with Gasteiger partial charge in [-0.1, -0.05) is 31.5 Å². The van der Waals surface area contributed by atoms with Crippen LogP contribution < -0.4 is 10.6 Å². The van der Waals surface area contributed by atoms with Crippen molar-refractivity contribution < 1.29 is 9.59 Å². The number of rotatable bonds is 6. The van der Waals surface area contributed by atoms with Crippen molar-refractivity contribution in [3.05, 3.63) is 59.4 Å². The molecule has 120 valence electrons. The summed E-state index contributed by atoms with van der Waals surface area (Å²) in [5, 5.41) is 5.57. The predicted octanol–water partition coefficient (Wildman–Crippen LogP) is 3.17. The van der Waals surface area contributed by atoms with Gasteiger partial charge in [0.1, 0.15) is 11.4 Å². The molecule has 0 aliphatic rings. The van der Waals surface area contributed by atoms with Gasteiger partial charge in [-0.2, -0.15) is 0 Å². The van der Waals surface area contributed by atoms with Gasteiger partial charge in [0.05, 0.1) is 0 Å².